The molecule has 1 unspecified atom stereocenters. The lowest BCUT2D eigenvalue weighted by atomic mass is 10.2. The Morgan fingerprint density at radius 3 is 2.40 bits per heavy atom. The standard InChI is InChI=1S/C15H16N4O6/c1-8-13(14(22)16-11(15(23)24)7-12(20)21)17-18-19(8)9-3-5-10(25-2)6-4-9/h3-6,11H,7H2,1-2H3,(H,16,22)(H,20,21)(H,23,24). The van der Waals surface area contributed by atoms with E-state index < -0.39 is 30.3 Å². The smallest absolute Gasteiger partial charge is 0.326 e. The lowest BCUT2D eigenvalue weighted by Gasteiger charge is -2.11. The van der Waals surface area contributed by atoms with Gasteiger partial charge in [0.05, 0.1) is 24.9 Å². The number of carboxylic acid groups (broad SMARTS) is 2. The summed E-state index contributed by atoms with van der Waals surface area (Å²) < 4.78 is 6.47. The predicted molar refractivity (Wildman–Crippen MR) is 83.8 cm³/mol. The van der Waals surface area contributed by atoms with Gasteiger partial charge in [-0.25, -0.2) is 9.48 Å². The highest BCUT2D eigenvalue weighted by Crippen LogP contribution is 2.16. The summed E-state index contributed by atoms with van der Waals surface area (Å²) in [5, 5.41) is 27.5. The molecule has 1 atom stereocenters. The Hall–Kier alpha value is -3.43. The van der Waals surface area contributed by atoms with Gasteiger partial charge >= 0.3 is 11.9 Å². The third-order valence-corrected chi connectivity index (χ3v) is 3.41. The van der Waals surface area contributed by atoms with Crippen LogP contribution in [0, 0.1) is 6.92 Å². The Labute approximate surface area is 142 Å². The third kappa shape index (κ3) is 4.10. The van der Waals surface area contributed by atoms with E-state index in [0.29, 0.717) is 17.1 Å². The fourth-order valence-electron chi connectivity index (χ4n) is 2.11. The van der Waals surface area contributed by atoms with Crippen molar-refractivity contribution in [2.75, 3.05) is 7.11 Å². The number of aromatic nitrogens is 3. The van der Waals surface area contributed by atoms with Gasteiger partial charge < -0.3 is 20.3 Å². The van der Waals surface area contributed by atoms with E-state index in [9.17, 15) is 14.4 Å². The summed E-state index contributed by atoms with van der Waals surface area (Å²) in [4.78, 5) is 33.9. The van der Waals surface area contributed by atoms with E-state index in [2.05, 4.69) is 15.6 Å². The molecule has 1 amide bonds. The molecule has 1 aromatic carbocycles. The Morgan fingerprint density at radius 1 is 1.24 bits per heavy atom. The molecule has 132 valence electrons. The number of carboxylic acids is 2. The van der Waals surface area contributed by atoms with Crippen LogP contribution in [0.3, 0.4) is 0 Å². The van der Waals surface area contributed by atoms with E-state index >= 15 is 0 Å². The normalized spacial score (nSPS) is 11.6. The summed E-state index contributed by atoms with van der Waals surface area (Å²) in [6.45, 7) is 1.59. The van der Waals surface area contributed by atoms with Crippen LogP contribution in [-0.4, -0.2) is 56.2 Å². The van der Waals surface area contributed by atoms with Gasteiger partial charge in [-0.1, -0.05) is 5.21 Å². The average Bonchev–Trinajstić information content (AvgIpc) is 2.95. The number of rotatable bonds is 7. The van der Waals surface area contributed by atoms with Crippen LogP contribution in [0.1, 0.15) is 22.6 Å². The summed E-state index contributed by atoms with van der Waals surface area (Å²) in [5.74, 6) is -2.95. The lowest BCUT2D eigenvalue weighted by molar-refractivity contribution is -0.145. The van der Waals surface area contributed by atoms with Crippen molar-refractivity contribution in [3.05, 3.63) is 35.7 Å². The molecule has 0 aliphatic heterocycles. The molecule has 0 aliphatic rings. The topological polar surface area (TPSA) is 144 Å². The highest BCUT2D eigenvalue weighted by Gasteiger charge is 2.26. The minimum atomic E-state index is -1.56. The van der Waals surface area contributed by atoms with Crippen molar-refractivity contribution < 1.29 is 29.3 Å². The number of benzene rings is 1. The van der Waals surface area contributed by atoms with E-state index in [4.69, 9.17) is 14.9 Å². The monoisotopic (exact) mass is 348 g/mol. The second-order valence-corrected chi connectivity index (χ2v) is 5.10. The number of carbonyl (C=O) groups excluding carboxylic acids is 1. The quantitative estimate of drug-likeness (QED) is 0.645. The summed E-state index contributed by atoms with van der Waals surface area (Å²) in [6, 6.07) is 5.29. The van der Waals surface area contributed by atoms with Crippen molar-refractivity contribution in [2.24, 2.45) is 0 Å². The van der Waals surface area contributed by atoms with Crippen LogP contribution < -0.4 is 10.1 Å². The summed E-state index contributed by atoms with van der Waals surface area (Å²) in [7, 11) is 1.54. The van der Waals surface area contributed by atoms with Gasteiger partial charge in [0.15, 0.2) is 5.69 Å². The van der Waals surface area contributed by atoms with Crippen molar-refractivity contribution >= 4 is 17.8 Å². The van der Waals surface area contributed by atoms with Crippen molar-refractivity contribution in [1.82, 2.24) is 20.3 Å². The van der Waals surface area contributed by atoms with E-state index in [1.165, 1.54) is 11.8 Å². The molecular weight excluding hydrogens is 332 g/mol. The summed E-state index contributed by atoms with van der Waals surface area (Å²) >= 11 is 0. The maximum Gasteiger partial charge on any atom is 0.326 e. The lowest BCUT2D eigenvalue weighted by Crippen LogP contribution is -2.42. The number of carbonyl (C=O) groups is 3. The SMILES string of the molecule is COc1ccc(-n2nnc(C(=O)NC(CC(=O)O)C(=O)O)c2C)cc1. The zero-order valence-electron chi connectivity index (χ0n) is 13.5. The number of methoxy groups -OCH3 is 1. The Balaban J connectivity index is 2.22. The van der Waals surface area contributed by atoms with Gasteiger partial charge in [-0.15, -0.1) is 5.10 Å². The largest absolute Gasteiger partial charge is 0.497 e. The fourth-order valence-corrected chi connectivity index (χ4v) is 2.11. The number of amides is 1. The maximum absolute atomic E-state index is 12.2. The first-order chi connectivity index (χ1) is 11.8. The van der Waals surface area contributed by atoms with Crippen molar-refractivity contribution in [1.29, 1.82) is 0 Å². The zero-order chi connectivity index (χ0) is 18.6. The first-order valence-electron chi connectivity index (χ1n) is 7.15. The van der Waals surface area contributed by atoms with Crippen LogP contribution in [0.25, 0.3) is 5.69 Å². The maximum atomic E-state index is 12.2. The second-order valence-electron chi connectivity index (χ2n) is 5.10. The average molecular weight is 348 g/mol. The molecule has 0 bridgehead atoms. The van der Waals surface area contributed by atoms with Gasteiger partial charge in [0.1, 0.15) is 11.8 Å². The number of hydrogen-bond donors (Lipinski definition) is 3. The molecule has 10 heteroatoms. The minimum Gasteiger partial charge on any atom is -0.497 e. The van der Waals surface area contributed by atoms with Gasteiger partial charge in [-0.3, -0.25) is 9.59 Å². The van der Waals surface area contributed by atoms with Crippen molar-refractivity contribution in [3.8, 4) is 11.4 Å². The van der Waals surface area contributed by atoms with E-state index in [1.54, 1.807) is 31.2 Å². The molecule has 0 fully saturated rings. The van der Waals surface area contributed by atoms with Crippen molar-refractivity contribution in [2.45, 2.75) is 19.4 Å². The predicted octanol–water partition coefficient (Wildman–Crippen LogP) is 0.242. The van der Waals surface area contributed by atoms with Crippen LogP contribution in [0.4, 0.5) is 0 Å². The first kappa shape index (κ1) is 17.9. The molecule has 0 spiro atoms. The van der Waals surface area contributed by atoms with Gasteiger partial charge in [-0.2, -0.15) is 0 Å². The molecule has 2 aromatic rings. The van der Waals surface area contributed by atoms with E-state index in [0.717, 1.165) is 0 Å². The number of nitrogens with zero attached hydrogens (tertiary/aromatic N) is 3. The molecule has 2 rings (SSSR count). The van der Waals surface area contributed by atoms with Gasteiger partial charge in [0, 0.05) is 0 Å². The number of hydrogen-bond acceptors (Lipinski definition) is 6. The molecule has 10 nitrogen and oxygen atoms in total. The molecule has 25 heavy (non-hydrogen) atoms. The second kappa shape index (κ2) is 7.43. The molecule has 0 saturated heterocycles. The van der Waals surface area contributed by atoms with Crippen LogP contribution in [0.2, 0.25) is 0 Å². The minimum absolute atomic E-state index is 0.0903. The third-order valence-electron chi connectivity index (χ3n) is 3.41. The van der Waals surface area contributed by atoms with Crippen LogP contribution in [0.15, 0.2) is 24.3 Å². The number of aliphatic carboxylic acids is 2. The van der Waals surface area contributed by atoms with E-state index in [1.807, 2.05) is 0 Å². The van der Waals surface area contributed by atoms with E-state index in [-0.39, 0.29) is 5.69 Å². The first-order valence-corrected chi connectivity index (χ1v) is 7.15. The molecule has 0 aliphatic carbocycles. The molecule has 1 heterocycles. The molecule has 0 saturated carbocycles. The molecule has 3 N–H and O–H groups in total. The molecular formula is C15H16N4O6. The highest BCUT2D eigenvalue weighted by molar-refractivity contribution is 5.96. The van der Waals surface area contributed by atoms with Gasteiger partial charge in [0.25, 0.3) is 5.91 Å². The van der Waals surface area contributed by atoms with Gasteiger partial charge in [0.2, 0.25) is 0 Å². The summed E-state index contributed by atoms with van der Waals surface area (Å²) in [6.07, 6.45) is -0.743. The highest BCUT2D eigenvalue weighted by atomic mass is 16.5. The Bertz CT molecular complexity index is 799. The fraction of sp³-hybridized carbons (Fsp3) is 0.267. The zero-order valence-corrected chi connectivity index (χ0v) is 13.5. The Kier molecular flexibility index (Phi) is 5.32. The van der Waals surface area contributed by atoms with Gasteiger partial charge in [-0.05, 0) is 31.2 Å². The molecule has 1 aromatic heterocycles. The number of ether oxygens (including phenoxy) is 1. The summed E-state index contributed by atoms with van der Waals surface area (Å²) in [5.41, 5.74) is 0.916. The number of nitrogens with one attached hydrogen (secondary N) is 1. The van der Waals surface area contributed by atoms with Crippen molar-refractivity contribution in [3.63, 3.8) is 0 Å². The van der Waals surface area contributed by atoms with Crippen LogP contribution >= 0.6 is 0 Å². The van der Waals surface area contributed by atoms with Crippen LogP contribution in [0.5, 0.6) is 5.75 Å². The Morgan fingerprint density at radius 2 is 1.88 bits per heavy atom. The van der Waals surface area contributed by atoms with Crippen LogP contribution in [-0.2, 0) is 9.59 Å². The molecule has 0 radical (unpaired) electrons.